The maximum Gasteiger partial charge on any atom is 0.332 e. The summed E-state index contributed by atoms with van der Waals surface area (Å²) in [5, 5.41) is 0.384. The van der Waals surface area contributed by atoms with Crippen LogP contribution in [0, 0.1) is 0 Å². The summed E-state index contributed by atoms with van der Waals surface area (Å²) >= 11 is 0. The second-order valence-electron chi connectivity index (χ2n) is 6.20. The Morgan fingerprint density at radius 1 is 1.21 bits per heavy atom. The third kappa shape index (κ3) is 3.08. The van der Waals surface area contributed by atoms with Crippen molar-refractivity contribution in [2.24, 2.45) is 7.05 Å². The average molecular weight is 332 g/mol. The number of ether oxygens (including phenoxy) is 1. The molecule has 2 aromatic heterocycles. The SMILES string of the molecule is CCCOc1ccnc2c1c(=O)n(CCN1CCCC1)c(=O)n2C. The molecule has 0 aromatic carbocycles. The minimum atomic E-state index is -0.327. The maximum absolute atomic E-state index is 12.9. The van der Waals surface area contributed by atoms with E-state index in [1.807, 2.05) is 6.92 Å². The minimum Gasteiger partial charge on any atom is -0.493 e. The van der Waals surface area contributed by atoms with Crippen molar-refractivity contribution in [3.63, 3.8) is 0 Å². The van der Waals surface area contributed by atoms with Gasteiger partial charge in [-0.2, -0.15) is 0 Å². The van der Waals surface area contributed by atoms with Gasteiger partial charge in [0.2, 0.25) is 0 Å². The van der Waals surface area contributed by atoms with Crippen molar-refractivity contribution < 1.29 is 4.74 Å². The van der Waals surface area contributed by atoms with Crippen LogP contribution in [0.3, 0.4) is 0 Å². The lowest BCUT2D eigenvalue weighted by molar-refractivity contribution is 0.314. The zero-order valence-corrected chi connectivity index (χ0v) is 14.3. The molecule has 0 N–H and O–H groups in total. The van der Waals surface area contributed by atoms with Gasteiger partial charge in [-0.1, -0.05) is 6.92 Å². The van der Waals surface area contributed by atoms with Crippen molar-refractivity contribution in [2.45, 2.75) is 32.7 Å². The molecule has 2 aromatic rings. The zero-order valence-electron chi connectivity index (χ0n) is 14.3. The molecule has 0 unspecified atom stereocenters. The summed E-state index contributed by atoms with van der Waals surface area (Å²) in [6.45, 7) is 5.71. The number of likely N-dealkylation sites (tertiary alicyclic amines) is 1. The lowest BCUT2D eigenvalue weighted by Crippen LogP contribution is -2.42. The first-order valence-electron chi connectivity index (χ1n) is 8.57. The molecule has 1 aliphatic heterocycles. The molecule has 1 aliphatic rings. The molecule has 7 nitrogen and oxygen atoms in total. The number of nitrogens with zero attached hydrogens (tertiary/aromatic N) is 4. The van der Waals surface area contributed by atoms with Gasteiger partial charge in [-0.15, -0.1) is 0 Å². The van der Waals surface area contributed by atoms with Gasteiger partial charge < -0.3 is 9.64 Å². The summed E-state index contributed by atoms with van der Waals surface area (Å²) < 4.78 is 8.43. The van der Waals surface area contributed by atoms with Crippen molar-refractivity contribution >= 4 is 11.0 Å². The largest absolute Gasteiger partial charge is 0.493 e. The average Bonchev–Trinajstić information content (AvgIpc) is 3.11. The molecule has 1 fully saturated rings. The molecule has 130 valence electrons. The smallest absolute Gasteiger partial charge is 0.332 e. The highest BCUT2D eigenvalue weighted by Gasteiger charge is 2.17. The monoisotopic (exact) mass is 332 g/mol. The number of fused-ring (bicyclic) bond motifs is 1. The molecule has 0 bridgehead atoms. The lowest BCUT2D eigenvalue weighted by atomic mass is 10.3. The number of aromatic nitrogens is 3. The number of rotatable bonds is 6. The molecule has 0 radical (unpaired) electrons. The number of hydrogen-bond donors (Lipinski definition) is 0. The number of hydrogen-bond acceptors (Lipinski definition) is 5. The molecule has 0 saturated carbocycles. The first-order valence-corrected chi connectivity index (χ1v) is 8.57. The lowest BCUT2D eigenvalue weighted by Gasteiger charge is -2.16. The summed E-state index contributed by atoms with van der Waals surface area (Å²) in [4.78, 5) is 32.0. The van der Waals surface area contributed by atoms with Crippen LogP contribution in [0.4, 0.5) is 0 Å². The Kier molecular flexibility index (Phi) is 4.99. The van der Waals surface area contributed by atoms with Gasteiger partial charge in [0.15, 0.2) is 5.65 Å². The van der Waals surface area contributed by atoms with Crippen molar-refractivity contribution in [3.8, 4) is 5.75 Å². The van der Waals surface area contributed by atoms with Crippen molar-refractivity contribution in [1.82, 2.24) is 19.0 Å². The summed E-state index contributed by atoms with van der Waals surface area (Å²) in [5.41, 5.74) is -0.269. The Balaban J connectivity index is 2.05. The molecule has 3 rings (SSSR count). The van der Waals surface area contributed by atoms with E-state index in [1.165, 1.54) is 22.0 Å². The normalized spacial score (nSPS) is 15.2. The molecule has 7 heteroatoms. The molecule has 0 atom stereocenters. The fraction of sp³-hybridized carbons (Fsp3) is 0.588. The van der Waals surface area contributed by atoms with Crippen LogP contribution in [0.2, 0.25) is 0 Å². The van der Waals surface area contributed by atoms with E-state index >= 15 is 0 Å². The van der Waals surface area contributed by atoms with Crippen LogP contribution < -0.4 is 16.0 Å². The minimum absolute atomic E-state index is 0.313. The molecular weight excluding hydrogens is 308 g/mol. The molecule has 1 saturated heterocycles. The van der Waals surface area contributed by atoms with Gasteiger partial charge in [0.05, 0.1) is 6.61 Å². The van der Waals surface area contributed by atoms with Crippen molar-refractivity contribution in [3.05, 3.63) is 33.1 Å². The van der Waals surface area contributed by atoms with E-state index in [9.17, 15) is 9.59 Å². The topological polar surface area (TPSA) is 69.4 Å². The standard InChI is InChI=1S/C17H24N4O3/c1-3-12-24-13-6-7-18-15-14(13)16(22)21(17(23)19(15)2)11-10-20-8-4-5-9-20/h6-7H,3-5,8-12H2,1-2H3. The third-order valence-electron chi connectivity index (χ3n) is 4.49. The first-order chi connectivity index (χ1) is 11.6. The summed E-state index contributed by atoms with van der Waals surface area (Å²) in [6, 6.07) is 1.69. The Morgan fingerprint density at radius 2 is 1.96 bits per heavy atom. The van der Waals surface area contributed by atoms with Gasteiger partial charge in [0.25, 0.3) is 5.56 Å². The van der Waals surface area contributed by atoms with Gasteiger partial charge in [-0.3, -0.25) is 13.9 Å². The molecule has 0 aliphatic carbocycles. The van der Waals surface area contributed by atoms with Crippen molar-refractivity contribution in [2.75, 3.05) is 26.2 Å². The van der Waals surface area contributed by atoms with E-state index in [0.717, 1.165) is 19.5 Å². The predicted molar refractivity (Wildman–Crippen MR) is 92.7 cm³/mol. The van der Waals surface area contributed by atoms with Crippen LogP contribution in [-0.4, -0.2) is 45.3 Å². The Hall–Kier alpha value is -2.15. The van der Waals surface area contributed by atoms with Gasteiger partial charge in [-0.05, 0) is 38.4 Å². The highest BCUT2D eigenvalue weighted by molar-refractivity contribution is 5.80. The predicted octanol–water partition coefficient (Wildman–Crippen LogP) is 0.980. The molecule has 24 heavy (non-hydrogen) atoms. The van der Waals surface area contributed by atoms with Crippen LogP contribution in [-0.2, 0) is 13.6 Å². The van der Waals surface area contributed by atoms with Gasteiger partial charge >= 0.3 is 5.69 Å². The van der Waals surface area contributed by atoms with Crippen LogP contribution in [0.25, 0.3) is 11.0 Å². The molecular formula is C17H24N4O3. The van der Waals surface area contributed by atoms with Gasteiger partial charge in [0, 0.05) is 26.3 Å². The molecule has 3 heterocycles. The van der Waals surface area contributed by atoms with Crippen LogP contribution in [0.5, 0.6) is 5.75 Å². The fourth-order valence-corrected chi connectivity index (χ4v) is 3.16. The molecule has 0 spiro atoms. The Labute approximate surface area is 140 Å². The van der Waals surface area contributed by atoms with Gasteiger partial charge in [0.1, 0.15) is 11.1 Å². The Morgan fingerprint density at radius 3 is 2.67 bits per heavy atom. The first kappa shape index (κ1) is 16.7. The second kappa shape index (κ2) is 7.17. The summed E-state index contributed by atoms with van der Waals surface area (Å²) in [5.74, 6) is 0.498. The quantitative estimate of drug-likeness (QED) is 0.789. The van der Waals surface area contributed by atoms with E-state index in [0.29, 0.717) is 36.5 Å². The van der Waals surface area contributed by atoms with E-state index in [4.69, 9.17) is 4.74 Å². The van der Waals surface area contributed by atoms with Crippen LogP contribution >= 0.6 is 0 Å². The van der Waals surface area contributed by atoms with Gasteiger partial charge in [-0.25, -0.2) is 9.78 Å². The van der Waals surface area contributed by atoms with E-state index in [1.54, 1.807) is 19.3 Å². The van der Waals surface area contributed by atoms with E-state index in [-0.39, 0.29) is 11.2 Å². The summed E-state index contributed by atoms with van der Waals surface area (Å²) in [6.07, 6.45) is 4.78. The fourth-order valence-electron chi connectivity index (χ4n) is 3.16. The van der Waals surface area contributed by atoms with Crippen LogP contribution in [0.1, 0.15) is 26.2 Å². The van der Waals surface area contributed by atoms with E-state index < -0.39 is 0 Å². The number of aryl methyl sites for hydroxylation is 1. The summed E-state index contributed by atoms with van der Waals surface area (Å²) in [7, 11) is 1.65. The van der Waals surface area contributed by atoms with Crippen molar-refractivity contribution in [1.29, 1.82) is 0 Å². The number of pyridine rings is 1. The molecule has 0 amide bonds. The second-order valence-corrected chi connectivity index (χ2v) is 6.20. The highest BCUT2D eigenvalue weighted by atomic mass is 16.5. The highest BCUT2D eigenvalue weighted by Crippen LogP contribution is 2.19. The Bertz CT molecular complexity index is 834. The maximum atomic E-state index is 12.9. The van der Waals surface area contributed by atoms with E-state index in [2.05, 4.69) is 9.88 Å². The third-order valence-corrected chi connectivity index (χ3v) is 4.49. The van der Waals surface area contributed by atoms with Crippen LogP contribution in [0.15, 0.2) is 21.9 Å². The zero-order chi connectivity index (χ0) is 17.1.